The van der Waals surface area contributed by atoms with Crippen LogP contribution in [0.2, 0.25) is 0 Å². The van der Waals surface area contributed by atoms with E-state index >= 15 is 0 Å². The van der Waals surface area contributed by atoms with Crippen molar-refractivity contribution in [1.29, 1.82) is 0 Å². The molecule has 1 rings (SSSR count). The summed E-state index contributed by atoms with van der Waals surface area (Å²) >= 11 is 1.39. The van der Waals surface area contributed by atoms with Gasteiger partial charge in [0.25, 0.3) is 0 Å². The number of carbonyl (C=O) groups is 1. The highest BCUT2D eigenvalue weighted by atomic mass is 32.1. The second kappa shape index (κ2) is 4.05. The molecule has 0 bridgehead atoms. The fourth-order valence-corrected chi connectivity index (χ4v) is 1.55. The van der Waals surface area contributed by atoms with Gasteiger partial charge in [-0.2, -0.15) is 0 Å². The van der Waals surface area contributed by atoms with Gasteiger partial charge in [-0.1, -0.05) is 6.07 Å². The van der Waals surface area contributed by atoms with E-state index in [0.29, 0.717) is 11.3 Å². The summed E-state index contributed by atoms with van der Waals surface area (Å²) in [4.78, 5) is 12.1. The SMILES string of the molecule is C#CCC(N)C(=O)c1cccs1. The van der Waals surface area contributed by atoms with E-state index in [-0.39, 0.29) is 5.78 Å². The summed E-state index contributed by atoms with van der Waals surface area (Å²) in [5.41, 5.74) is 5.53. The van der Waals surface area contributed by atoms with Gasteiger partial charge in [-0.25, -0.2) is 0 Å². The predicted molar refractivity (Wildman–Crippen MR) is 50.1 cm³/mol. The number of ketones is 1. The molecule has 0 saturated heterocycles. The van der Waals surface area contributed by atoms with Crippen molar-refractivity contribution >= 4 is 17.1 Å². The minimum absolute atomic E-state index is 0.0667. The maximum absolute atomic E-state index is 11.4. The molecular weight excluding hydrogens is 170 g/mol. The van der Waals surface area contributed by atoms with Crippen LogP contribution in [-0.2, 0) is 0 Å². The Morgan fingerprint density at radius 3 is 3.08 bits per heavy atom. The van der Waals surface area contributed by atoms with Gasteiger partial charge in [-0.3, -0.25) is 4.79 Å². The molecule has 62 valence electrons. The van der Waals surface area contributed by atoms with Crippen LogP contribution in [0.3, 0.4) is 0 Å². The Hall–Kier alpha value is -1.11. The molecule has 0 aliphatic carbocycles. The van der Waals surface area contributed by atoms with Crippen LogP contribution >= 0.6 is 11.3 Å². The molecule has 0 spiro atoms. The molecule has 2 N–H and O–H groups in total. The van der Waals surface area contributed by atoms with Crippen LogP contribution in [0.25, 0.3) is 0 Å². The first kappa shape index (κ1) is 8.98. The van der Waals surface area contributed by atoms with Crippen molar-refractivity contribution in [3.63, 3.8) is 0 Å². The number of nitrogens with two attached hydrogens (primary N) is 1. The standard InChI is InChI=1S/C9H9NOS/c1-2-4-7(10)9(11)8-5-3-6-12-8/h1,3,5-7H,4,10H2. The molecule has 0 amide bonds. The fraction of sp³-hybridized carbons (Fsp3) is 0.222. The minimum Gasteiger partial charge on any atom is -0.320 e. The zero-order chi connectivity index (χ0) is 8.97. The zero-order valence-electron chi connectivity index (χ0n) is 6.49. The van der Waals surface area contributed by atoms with E-state index in [1.54, 1.807) is 6.07 Å². The molecule has 1 atom stereocenters. The summed E-state index contributed by atoms with van der Waals surface area (Å²) in [5.74, 6) is 2.30. The highest BCUT2D eigenvalue weighted by Crippen LogP contribution is 2.11. The first-order valence-electron chi connectivity index (χ1n) is 3.52. The Balaban J connectivity index is 2.67. The molecule has 0 aliphatic heterocycles. The van der Waals surface area contributed by atoms with Crippen molar-refractivity contribution in [3.8, 4) is 12.3 Å². The van der Waals surface area contributed by atoms with Gasteiger partial charge in [-0.15, -0.1) is 23.7 Å². The third kappa shape index (κ3) is 1.94. The van der Waals surface area contributed by atoms with Crippen molar-refractivity contribution in [3.05, 3.63) is 22.4 Å². The van der Waals surface area contributed by atoms with Gasteiger partial charge >= 0.3 is 0 Å². The predicted octanol–water partition coefficient (Wildman–Crippen LogP) is 1.28. The Bertz CT molecular complexity index is 297. The largest absolute Gasteiger partial charge is 0.320 e. The van der Waals surface area contributed by atoms with Gasteiger partial charge in [-0.05, 0) is 11.4 Å². The minimum atomic E-state index is -0.548. The van der Waals surface area contributed by atoms with E-state index in [1.807, 2.05) is 11.4 Å². The molecule has 2 nitrogen and oxygen atoms in total. The summed E-state index contributed by atoms with van der Waals surface area (Å²) < 4.78 is 0. The van der Waals surface area contributed by atoms with Crippen LogP contribution in [-0.4, -0.2) is 11.8 Å². The number of carbonyl (C=O) groups excluding carboxylic acids is 1. The van der Waals surface area contributed by atoms with Gasteiger partial charge in [0.05, 0.1) is 10.9 Å². The number of hydrogen-bond acceptors (Lipinski definition) is 3. The smallest absolute Gasteiger partial charge is 0.190 e. The van der Waals surface area contributed by atoms with Crippen molar-refractivity contribution in [2.24, 2.45) is 5.73 Å². The molecule has 12 heavy (non-hydrogen) atoms. The first-order chi connectivity index (χ1) is 5.75. The lowest BCUT2D eigenvalue weighted by molar-refractivity contribution is 0.0967. The topological polar surface area (TPSA) is 43.1 Å². The van der Waals surface area contributed by atoms with E-state index in [9.17, 15) is 4.79 Å². The average molecular weight is 179 g/mol. The van der Waals surface area contributed by atoms with Crippen molar-refractivity contribution in [2.45, 2.75) is 12.5 Å². The number of rotatable bonds is 3. The summed E-state index contributed by atoms with van der Waals surface area (Å²) in [6.07, 6.45) is 5.34. The molecular formula is C9H9NOS. The van der Waals surface area contributed by atoms with E-state index in [1.165, 1.54) is 11.3 Å². The van der Waals surface area contributed by atoms with Gasteiger partial charge in [0.2, 0.25) is 0 Å². The molecule has 0 radical (unpaired) electrons. The van der Waals surface area contributed by atoms with Gasteiger partial charge in [0.15, 0.2) is 5.78 Å². The number of terminal acetylenes is 1. The number of hydrogen-bond donors (Lipinski definition) is 1. The second-order valence-electron chi connectivity index (χ2n) is 2.36. The van der Waals surface area contributed by atoms with Gasteiger partial charge in [0.1, 0.15) is 0 Å². The molecule has 0 aliphatic rings. The van der Waals surface area contributed by atoms with Crippen molar-refractivity contribution < 1.29 is 4.79 Å². The van der Waals surface area contributed by atoms with Crippen LogP contribution in [0.5, 0.6) is 0 Å². The maximum atomic E-state index is 11.4. The Morgan fingerprint density at radius 1 is 1.83 bits per heavy atom. The lowest BCUT2D eigenvalue weighted by atomic mass is 10.1. The zero-order valence-corrected chi connectivity index (χ0v) is 7.30. The fourth-order valence-electron chi connectivity index (χ4n) is 0.821. The van der Waals surface area contributed by atoms with Crippen LogP contribution in [0, 0.1) is 12.3 Å². The lowest BCUT2D eigenvalue weighted by Crippen LogP contribution is -2.29. The van der Waals surface area contributed by atoms with Crippen LogP contribution < -0.4 is 5.73 Å². The van der Waals surface area contributed by atoms with Gasteiger partial charge in [0, 0.05) is 6.42 Å². The van der Waals surface area contributed by atoms with Crippen molar-refractivity contribution in [1.82, 2.24) is 0 Å². The van der Waals surface area contributed by atoms with Crippen LogP contribution in [0.15, 0.2) is 17.5 Å². The van der Waals surface area contributed by atoms with E-state index in [4.69, 9.17) is 12.2 Å². The Morgan fingerprint density at radius 2 is 2.58 bits per heavy atom. The molecule has 1 heterocycles. The average Bonchev–Trinajstić information content (AvgIpc) is 2.55. The lowest BCUT2D eigenvalue weighted by Gasteiger charge is -2.03. The quantitative estimate of drug-likeness (QED) is 0.561. The van der Waals surface area contributed by atoms with E-state index in [2.05, 4.69) is 5.92 Å². The third-order valence-corrected chi connectivity index (χ3v) is 2.32. The van der Waals surface area contributed by atoms with Crippen LogP contribution in [0.1, 0.15) is 16.1 Å². The molecule has 1 aromatic heterocycles. The van der Waals surface area contributed by atoms with E-state index < -0.39 is 6.04 Å². The molecule has 0 saturated carbocycles. The van der Waals surface area contributed by atoms with E-state index in [0.717, 1.165) is 0 Å². The molecule has 1 aromatic rings. The monoisotopic (exact) mass is 179 g/mol. The molecule has 1 unspecified atom stereocenters. The molecule has 0 aromatic carbocycles. The van der Waals surface area contributed by atoms with Crippen LogP contribution in [0.4, 0.5) is 0 Å². The molecule has 3 heteroatoms. The second-order valence-corrected chi connectivity index (χ2v) is 3.30. The molecule has 0 fully saturated rings. The summed E-state index contributed by atoms with van der Waals surface area (Å²) in [5, 5.41) is 1.84. The Labute approximate surface area is 75.4 Å². The third-order valence-electron chi connectivity index (χ3n) is 1.44. The first-order valence-corrected chi connectivity index (χ1v) is 4.40. The number of thiophene rings is 1. The summed E-state index contributed by atoms with van der Waals surface area (Å²) in [6, 6.07) is 3.03. The maximum Gasteiger partial charge on any atom is 0.190 e. The van der Waals surface area contributed by atoms with Gasteiger partial charge < -0.3 is 5.73 Å². The normalized spacial score (nSPS) is 12.0. The summed E-state index contributed by atoms with van der Waals surface area (Å²) in [6.45, 7) is 0. The highest BCUT2D eigenvalue weighted by Gasteiger charge is 2.14. The highest BCUT2D eigenvalue weighted by molar-refractivity contribution is 7.12. The number of Topliss-reactive ketones (excluding diaryl/α,β-unsaturated/α-hetero) is 1. The Kier molecular flexibility index (Phi) is 3.03. The summed E-state index contributed by atoms with van der Waals surface area (Å²) in [7, 11) is 0. The van der Waals surface area contributed by atoms with Crippen molar-refractivity contribution in [2.75, 3.05) is 0 Å².